The Morgan fingerprint density at radius 2 is 2.15 bits per heavy atom. The second kappa shape index (κ2) is 8.52. The molecule has 1 aromatic carbocycles. The minimum atomic E-state index is -0.390. The number of hydrogen-bond acceptors (Lipinski definition) is 4. The summed E-state index contributed by atoms with van der Waals surface area (Å²) in [7, 11) is 0. The number of aromatic nitrogens is 2. The zero-order chi connectivity index (χ0) is 19.4. The summed E-state index contributed by atoms with van der Waals surface area (Å²) >= 11 is 0. The fraction of sp³-hybridized carbons (Fsp3) is 0.550. The maximum absolute atomic E-state index is 12.4. The van der Waals surface area contributed by atoms with E-state index >= 15 is 0 Å². The maximum Gasteiger partial charge on any atom is 0.237 e. The Bertz CT molecular complexity index is 814. The molecule has 1 fully saturated rings. The Morgan fingerprint density at radius 3 is 2.89 bits per heavy atom. The molecule has 2 amide bonds. The van der Waals surface area contributed by atoms with E-state index in [1.807, 2.05) is 18.2 Å². The predicted octanol–water partition coefficient (Wildman–Crippen LogP) is 1.31. The molecule has 1 aromatic heterocycles. The van der Waals surface area contributed by atoms with Crippen LogP contribution in [0.1, 0.15) is 33.0 Å². The van der Waals surface area contributed by atoms with Crippen molar-refractivity contribution in [1.29, 1.82) is 0 Å². The number of amides is 2. The largest absolute Gasteiger partial charge is 0.356 e. The molecule has 0 spiro atoms. The highest BCUT2D eigenvalue weighted by Crippen LogP contribution is 2.16. The van der Waals surface area contributed by atoms with Crippen LogP contribution in [0.4, 0.5) is 0 Å². The van der Waals surface area contributed by atoms with E-state index in [-0.39, 0.29) is 30.3 Å². The van der Waals surface area contributed by atoms with Crippen LogP contribution >= 0.6 is 0 Å². The van der Waals surface area contributed by atoms with Crippen LogP contribution in [0, 0.1) is 0 Å². The number of nitrogens with zero attached hydrogens (tertiary/aromatic N) is 3. The number of aryl methyl sites for hydroxylation is 1. The van der Waals surface area contributed by atoms with Crippen molar-refractivity contribution in [2.45, 2.75) is 52.2 Å². The fourth-order valence-electron chi connectivity index (χ4n) is 3.79. The van der Waals surface area contributed by atoms with Gasteiger partial charge in [0, 0.05) is 38.6 Å². The predicted molar refractivity (Wildman–Crippen MR) is 105 cm³/mol. The zero-order valence-electron chi connectivity index (χ0n) is 16.4. The first kappa shape index (κ1) is 19.4. The number of fused-ring (bicyclic) bond motifs is 1. The number of para-hydroxylation sites is 2. The molecule has 0 radical (unpaired) electrons. The average Bonchev–Trinajstić information content (AvgIpc) is 3.00. The summed E-state index contributed by atoms with van der Waals surface area (Å²) < 4.78 is 2.18. The molecule has 7 heteroatoms. The molecule has 0 bridgehead atoms. The van der Waals surface area contributed by atoms with Gasteiger partial charge in [0.05, 0.1) is 23.5 Å². The van der Waals surface area contributed by atoms with Gasteiger partial charge in [0.2, 0.25) is 11.8 Å². The van der Waals surface area contributed by atoms with Crippen molar-refractivity contribution in [3.63, 3.8) is 0 Å². The molecule has 1 saturated heterocycles. The molecule has 1 unspecified atom stereocenters. The van der Waals surface area contributed by atoms with E-state index in [9.17, 15) is 9.59 Å². The van der Waals surface area contributed by atoms with Gasteiger partial charge in [0.25, 0.3) is 0 Å². The smallest absolute Gasteiger partial charge is 0.237 e. The lowest BCUT2D eigenvalue weighted by Crippen LogP contribution is -2.58. The van der Waals surface area contributed by atoms with Gasteiger partial charge in [-0.2, -0.15) is 0 Å². The summed E-state index contributed by atoms with van der Waals surface area (Å²) in [4.78, 5) is 31.3. The Kier molecular flexibility index (Phi) is 6.11. The number of piperazine rings is 1. The molecule has 0 aliphatic carbocycles. The zero-order valence-corrected chi connectivity index (χ0v) is 16.4. The first-order valence-electron chi connectivity index (χ1n) is 9.75. The first-order valence-corrected chi connectivity index (χ1v) is 9.75. The van der Waals surface area contributed by atoms with E-state index in [1.54, 1.807) is 0 Å². The van der Waals surface area contributed by atoms with Gasteiger partial charge in [-0.25, -0.2) is 4.98 Å². The number of carbonyl (C=O) groups is 2. The highest BCUT2D eigenvalue weighted by molar-refractivity contribution is 5.88. The summed E-state index contributed by atoms with van der Waals surface area (Å²) in [5.41, 5.74) is 2.10. The van der Waals surface area contributed by atoms with E-state index < -0.39 is 0 Å². The van der Waals surface area contributed by atoms with Crippen molar-refractivity contribution in [2.75, 3.05) is 19.6 Å². The van der Waals surface area contributed by atoms with Crippen molar-refractivity contribution in [3.05, 3.63) is 30.1 Å². The molecule has 146 valence electrons. The minimum absolute atomic E-state index is 0.0575. The quantitative estimate of drug-likeness (QED) is 0.769. The van der Waals surface area contributed by atoms with E-state index in [4.69, 9.17) is 0 Å². The summed E-state index contributed by atoms with van der Waals surface area (Å²) in [5.74, 6) is 0.818. The van der Waals surface area contributed by atoms with Crippen LogP contribution in [-0.4, -0.2) is 58.0 Å². The van der Waals surface area contributed by atoms with Gasteiger partial charge < -0.3 is 15.2 Å². The van der Waals surface area contributed by atoms with E-state index in [2.05, 4.69) is 51.9 Å². The van der Waals surface area contributed by atoms with Gasteiger partial charge in [-0.1, -0.05) is 12.1 Å². The second-order valence-corrected chi connectivity index (χ2v) is 7.20. The summed E-state index contributed by atoms with van der Waals surface area (Å²) in [6.07, 6.45) is 0.854. The van der Waals surface area contributed by atoms with E-state index in [0.29, 0.717) is 19.5 Å². The van der Waals surface area contributed by atoms with Gasteiger partial charge >= 0.3 is 0 Å². The summed E-state index contributed by atoms with van der Waals surface area (Å²) in [6, 6.07) is 7.91. The molecule has 2 N–H and O–H groups in total. The van der Waals surface area contributed by atoms with Crippen LogP contribution in [0.5, 0.6) is 0 Å². The molecule has 2 aromatic rings. The third-order valence-corrected chi connectivity index (χ3v) is 5.13. The molecule has 27 heavy (non-hydrogen) atoms. The van der Waals surface area contributed by atoms with Crippen LogP contribution in [-0.2, 0) is 22.6 Å². The van der Waals surface area contributed by atoms with Gasteiger partial charge in [0.1, 0.15) is 5.82 Å². The molecule has 2 heterocycles. The van der Waals surface area contributed by atoms with Crippen LogP contribution in [0.25, 0.3) is 11.0 Å². The minimum Gasteiger partial charge on any atom is -0.356 e. The Labute approximate surface area is 160 Å². The van der Waals surface area contributed by atoms with Crippen molar-refractivity contribution in [1.82, 2.24) is 25.1 Å². The first-order chi connectivity index (χ1) is 13.0. The van der Waals surface area contributed by atoms with Crippen LogP contribution in [0.2, 0.25) is 0 Å². The van der Waals surface area contributed by atoms with Crippen molar-refractivity contribution < 1.29 is 9.59 Å². The summed E-state index contributed by atoms with van der Waals surface area (Å²) in [5, 5.41) is 5.82. The van der Waals surface area contributed by atoms with Gasteiger partial charge in [-0.15, -0.1) is 0 Å². The molecule has 1 aliphatic rings. The normalized spacial score (nSPS) is 18.1. The average molecular weight is 371 g/mol. The van der Waals surface area contributed by atoms with Gasteiger partial charge in [0.15, 0.2) is 0 Å². The molecular formula is C20H29N5O2. The van der Waals surface area contributed by atoms with E-state index in [1.165, 1.54) is 0 Å². The van der Waals surface area contributed by atoms with Crippen molar-refractivity contribution >= 4 is 22.8 Å². The number of rotatable bonds is 7. The molecule has 1 atom stereocenters. The number of carbonyl (C=O) groups excluding carboxylic acids is 2. The molecule has 3 rings (SSSR count). The van der Waals surface area contributed by atoms with Crippen LogP contribution in [0.3, 0.4) is 0 Å². The summed E-state index contributed by atoms with van der Waals surface area (Å²) in [6.45, 7) is 8.98. The molecule has 0 saturated carbocycles. The SMILES string of the molecule is CCn1c(CCNC(=O)CC2C(=O)NCCN2C(C)C)nc2ccccc21. The standard InChI is InChI=1S/C20H29N5O2/c1-4-24-16-8-6-5-7-15(16)23-18(24)9-10-21-19(26)13-17-20(27)22-11-12-25(17)14(2)3/h5-8,14,17H,4,9-13H2,1-3H3,(H,21,26)(H,22,27). The van der Waals surface area contributed by atoms with Crippen molar-refractivity contribution in [3.8, 4) is 0 Å². The Morgan fingerprint density at radius 1 is 1.37 bits per heavy atom. The number of nitrogens with one attached hydrogen (secondary N) is 2. The fourth-order valence-corrected chi connectivity index (χ4v) is 3.79. The topological polar surface area (TPSA) is 79.3 Å². The monoisotopic (exact) mass is 371 g/mol. The second-order valence-electron chi connectivity index (χ2n) is 7.20. The lowest BCUT2D eigenvalue weighted by Gasteiger charge is -2.37. The maximum atomic E-state index is 12.4. The van der Waals surface area contributed by atoms with Gasteiger partial charge in [-0.05, 0) is 32.9 Å². The third kappa shape index (κ3) is 4.30. The number of imidazole rings is 1. The van der Waals surface area contributed by atoms with Crippen molar-refractivity contribution in [2.24, 2.45) is 0 Å². The Hall–Kier alpha value is -2.41. The lowest BCUT2D eigenvalue weighted by atomic mass is 10.1. The Balaban J connectivity index is 1.57. The van der Waals surface area contributed by atoms with E-state index in [0.717, 1.165) is 29.9 Å². The van der Waals surface area contributed by atoms with Crippen LogP contribution in [0.15, 0.2) is 24.3 Å². The molecule has 1 aliphatic heterocycles. The number of benzene rings is 1. The molecule has 7 nitrogen and oxygen atoms in total. The lowest BCUT2D eigenvalue weighted by molar-refractivity contribution is -0.134. The van der Waals surface area contributed by atoms with Crippen LogP contribution < -0.4 is 10.6 Å². The highest BCUT2D eigenvalue weighted by Gasteiger charge is 2.32. The molecular weight excluding hydrogens is 342 g/mol. The highest BCUT2D eigenvalue weighted by atomic mass is 16.2. The van der Waals surface area contributed by atoms with Gasteiger partial charge in [-0.3, -0.25) is 14.5 Å². The third-order valence-electron chi connectivity index (χ3n) is 5.13. The number of hydrogen-bond donors (Lipinski definition) is 2.